The van der Waals surface area contributed by atoms with E-state index in [1.165, 1.54) is 0 Å². The molecule has 0 saturated carbocycles. The van der Waals surface area contributed by atoms with Gasteiger partial charge in [0.05, 0.1) is 6.54 Å². The standard InChI is InChI=1S/C18H31N5O2/c1-18(2,3)13-16(24)23-9-6-7-14(23)17(25)19-15-8-10-22(20-15)12-11-21(4)5/h8,10,14H,6-7,9,11-13H2,1-5H3,(H,19,20,25). The van der Waals surface area contributed by atoms with Crippen molar-refractivity contribution in [3.05, 3.63) is 12.3 Å². The molecule has 1 fully saturated rings. The Morgan fingerprint density at radius 3 is 2.72 bits per heavy atom. The zero-order chi connectivity index (χ0) is 18.6. The largest absolute Gasteiger partial charge is 0.331 e. The minimum atomic E-state index is -0.387. The number of nitrogens with zero attached hydrogens (tertiary/aromatic N) is 4. The number of aromatic nitrogens is 2. The monoisotopic (exact) mass is 349 g/mol. The predicted molar refractivity (Wildman–Crippen MR) is 98.2 cm³/mol. The van der Waals surface area contributed by atoms with Crippen molar-refractivity contribution in [3.8, 4) is 0 Å². The number of rotatable bonds is 6. The number of anilines is 1. The van der Waals surface area contributed by atoms with Crippen LogP contribution in [-0.4, -0.2) is 64.6 Å². The molecule has 1 aliphatic heterocycles. The Labute approximate surface area is 150 Å². The topological polar surface area (TPSA) is 70.5 Å². The fourth-order valence-corrected chi connectivity index (χ4v) is 2.96. The molecule has 1 saturated heterocycles. The van der Waals surface area contributed by atoms with Crippen LogP contribution in [0.1, 0.15) is 40.0 Å². The van der Waals surface area contributed by atoms with E-state index in [2.05, 4.69) is 15.3 Å². The zero-order valence-corrected chi connectivity index (χ0v) is 16.1. The van der Waals surface area contributed by atoms with E-state index in [0.29, 0.717) is 25.2 Å². The van der Waals surface area contributed by atoms with Gasteiger partial charge in [-0.2, -0.15) is 5.10 Å². The number of likely N-dealkylation sites (tertiary alicyclic amines) is 1. The molecule has 1 aliphatic rings. The lowest BCUT2D eigenvalue weighted by Gasteiger charge is -2.27. The SMILES string of the molecule is CN(C)CCn1ccc(NC(=O)C2CCCN2C(=O)CC(C)(C)C)n1. The first-order valence-corrected chi connectivity index (χ1v) is 8.94. The average molecular weight is 349 g/mol. The molecule has 25 heavy (non-hydrogen) atoms. The molecule has 2 amide bonds. The molecule has 2 heterocycles. The van der Waals surface area contributed by atoms with E-state index in [9.17, 15) is 9.59 Å². The molecule has 1 unspecified atom stereocenters. The van der Waals surface area contributed by atoms with Gasteiger partial charge in [-0.1, -0.05) is 20.8 Å². The van der Waals surface area contributed by atoms with Crippen LogP contribution in [0, 0.1) is 5.41 Å². The number of likely N-dealkylation sites (N-methyl/N-ethyl adjacent to an activating group) is 1. The van der Waals surface area contributed by atoms with Crippen LogP contribution in [-0.2, 0) is 16.1 Å². The van der Waals surface area contributed by atoms with Crippen LogP contribution in [0.3, 0.4) is 0 Å². The Balaban J connectivity index is 1.94. The number of hydrogen-bond acceptors (Lipinski definition) is 4. The summed E-state index contributed by atoms with van der Waals surface area (Å²) in [5, 5.41) is 7.24. The first-order chi connectivity index (χ1) is 11.7. The Kier molecular flexibility index (Phi) is 6.21. The highest BCUT2D eigenvalue weighted by molar-refractivity contribution is 5.96. The lowest BCUT2D eigenvalue weighted by atomic mass is 9.91. The van der Waals surface area contributed by atoms with Crippen LogP contribution in [0.4, 0.5) is 5.82 Å². The highest BCUT2D eigenvalue weighted by Gasteiger charge is 2.35. The highest BCUT2D eigenvalue weighted by Crippen LogP contribution is 2.25. The average Bonchev–Trinajstić information content (AvgIpc) is 3.12. The normalized spacial score (nSPS) is 18.0. The molecule has 7 heteroatoms. The van der Waals surface area contributed by atoms with Crippen LogP contribution in [0.15, 0.2) is 12.3 Å². The smallest absolute Gasteiger partial charge is 0.248 e. The Morgan fingerprint density at radius 1 is 1.36 bits per heavy atom. The fraction of sp³-hybridized carbons (Fsp3) is 0.722. The van der Waals surface area contributed by atoms with E-state index in [1.807, 2.05) is 45.7 Å². The van der Waals surface area contributed by atoms with Gasteiger partial charge in [-0.3, -0.25) is 14.3 Å². The molecule has 1 aromatic rings. The summed E-state index contributed by atoms with van der Waals surface area (Å²) in [6.45, 7) is 8.42. The van der Waals surface area contributed by atoms with Gasteiger partial charge in [-0.15, -0.1) is 0 Å². The van der Waals surface area contributed by atoms with Crippen LogP contribution >= 0.6 is 0 Å². The van der Waals surface area contributed by atoms with Crippen molar-refractivity contribution >= 4 is 17.6 Å². The molecule has 0 aliphatic carbocycles. The minimum absolute atomic E-state index is 0.0571. The lowest BCUT2D eigenvalue weighted by molar-refractivity contribution is -0.138. The summed E-state index contributed by atoms with van der Waals surface area (Å²) in [6.07, 6.45) is 3.89. The Bertz CT molecular complexity index is 603. The maximum absolute atomic E-state index is 12.6. The van der Waals surface area contributed by atoms with Gasteiger partial charge in [-0.25, -0.2) is 0 Å². The van der Waals surface area contributed by atoms with E-state index in [1.54, 1.807) is 11.0 Å². The van der Waals surface area contributed by atoms with Gasteiger partial charge in [0.2, 0.25) is 11.8 Å². The Hall–Kier alpha value is -1.89. The van der Waals surface area contributed by atoms with Crippen molar-refractivity contribution in [2.45, 2.75) is 52.6 Å². The first kappa shape index (κ1) is 19.4. The summed E-state index contributed by atoms with van der Waals surface area (Å²) in [5.74, 6) is 0.457. The van der Waals surface area contributed by atoms with Crippen LogP contribution < -0.4 is 5.32 Å². The van der Waals surface area contributed by atoms with Gasteiger partial charge in [0, 0.05) is 31.8 Å². The van der Waals surface area contributed by atoms with Gasteiger partial charge in [0.25, 0.3) is 0 Å². The molecular formula is C18H31N5O2. The number of carbonyl (C=O) groups excluding carboxylic acids is 2. The van der Waals surface area contributed by atoms with Crippen LogP contribution in [0.25, 0.3) is 0 Å². The van der Waals surface area contributed by atoms with Gasteiger partial charge < -0.3 is 15.1 Å². The number of nitrogens with one attached hydrogen (secondary N) is 1. The molecule has 1 atom stereocenters. The summed E-state index contributed by atoms with van der Waals surface area (Å²) in [7, 11) is 4.02. The van der Waals surface area contributed by atoms with Crippen LogP contribution in [0.2, 0.25) is 0 Å². The fourth-order valence-electron chi connectivity index (χ4n) is 2.96. The second kappa shape index (κ2) is 7.99. The van der Waals surface area contributed by atoms with Gasteiger partial charge >= 0.3 is 0 Å². The van der Waals surface area contributed by atoms with Gasteiger partial charge in [0.1, 0.15) is 6.04 Å². The zero-order valence-electron chi connectivity index (χ0n) is 16.1. The third-order valence-electron chi connectivity index (χ3n) is 4.23. The second-order valence-corrected chi connectivity index (χ2v) is 8.24. The molecule has 0 spiro atoms. The van der Waals surface area contributed by atoms with E-state index in [4.69, 9.17) is 0 Å². The van der Waals surface area contributed by atoms with Gasteiger partial charge in [-0.05, 0) is 32.4 Å². The van der Waals surface area contributed by atoms with E-state index in [-0.39, 0.29) is 23.3 Å². The van der Waals surface area contributed by atoms with E-state index < -0.39 is 0 Å². The third kappa shape index (κ3) is 5.85. The number of carbonyl (C=O) groups is 2. The molecule has 0 radical (unpaired) electrons. The second-order valence-electron chi connectivity index (χ2n) is 8.24. The maximum Gasteiger partial charge on any atom is 0.248 e. The summed E-state index contributed by atoms with van der Waals surface area (Å²) in [5.41, 5.74) is -0.0775. The van der Waals surface area contributed by atoms with E-state index in [0.717, 1.165) is 19.5 Å². The van der Waals surface area contributed by atoms with Crippen molar-refractivity contribution < 1.29 is 9.59 Å². The lowest BCUT2D eigenvalue weighted by Crippen LogP contribution is -2.44. The molecule has 1 aromatic heterocycles. The minimum Gasteiger partial charge on any atom is -0.331 e. The molecule has 2 rings (SSSR count). The summed E-state index contributed by atoms with van der Waals surface area (Å²) < 4.78 is 1.81. The quantitative estimate of drug-likeness (QED) is 0.850. The predicted octanol–water partition coefficient (Wildman–Crippen LogP) is 1.81. The number of amides is 2. The van der Waals surface area contributed by atoms with Crippen molar-refractivity contribution in [2.24, 2.45) is 5.41 Å². The summed E-state index contributed by atoms with van der Waals surface area (Å²) >= 11 is 0. The third-order valence-corrected chi connectivity index (χ3v) is 4.23. The molecule has 0 bridgehead atoms. The van der Waals surface area contributed by atoms with Crippen molar-refractivity contribution in [3.63, 3.8) is 0 Å². The summed E-state index contributed by atoms with van der Waals surface area (Å²) in [4.78, 5) is 28.9. The summed E-state index contributed by atoms with van der Waals surface area (Å²) in [6, 6.07) is 1.41. The first-order valence-electron chi connectivity index (χ1n) is 8.94. The number of hydrogen-bond donors (Lipinski definition) is 1. The van der Waals surface area contributed by atoms with Crippen molar-refractivity contribution in [2.75, 3.05) is 32.5 Å². The molecule has 1 N–H and O–H groups in total. The molecule has 140 valence electrons. The Morgan fingerprint density at radius 2 is 2.08 bits per heavy atom. The van der Waals surface area contributed by atoms with Crippen LogP contribution in [0.5, 0.6) is 0 Å². The molecule has 0 aromatic carbocycles. The van der Waals surface area contributed by atoms with Crippen molar-refractivity contribution in [1.29, 1.82) is 0 Å². The van der Waals surface area contributed by atoms with Gasteiger partial charge in [0.15, 0.2) is 5.82 Å². The molecular weight excluding hydrogens is 318 g/mol. The van der Waals surface area contributed by atoms with E-state index >= 15 is 0 Å². The maximum atomic E-state index is 12.6. The van der Waals surface area contributed by atoms with Crippen molar-refractivity contribution in [1.82, 2.24) is 19.6 Å². The molecule has 7 nitrogen and oxygen atoms in total. The highest BCUT2D eigenvalue weighted by atomic mass is 16.2.